The summed E-state index contributed by atoms with van der Waals surface area (Å²) in [5.74, 6) is -0.145. The van der Waals surface area contributed by atoms with Crippen LogP contribution in [0.4, 0.5) is 5.82 Å². The Morgan fingerprint density at radius 3 is 2.31 bits per heavy atom. The second-order valence-corrected chi connectivity index (χ2v) is 9.64. The van der Waals surface area contributed by atoms with Gasteiger partial charge in [0, 0.05) is 6.20 Å². The van der Waals surface area contributed by atoms with Crippen molar-refractivity contribution in [3.05, 3.63) is 22.7 Å². The Kier molecular flexibility index (Phi) is 7.20. The number of phosphoric acid groups is 3. The fraction of sp³-hybridized carbons (Fsp3) is 0.556. The Labute approximate surface area is 160 Å². The van der Waals surface area contributed by atoms with Gasteiger partial charge in [0.15, 0.2) is 6.23 Å². The largest absolute Gasteiger partial charge is 0.790 e. The molecule has 0 bridgehead atoms. The summed E-state index contributed by atoms with van der Waals surface area (Å²) in [5, 5.41) is 19.9. The summed E-state index contributed by atoms with van der Waals surface area (Å²) in [6.45, 7) is -1.14. The molecule has 2 rings (SSSR count). The van der Waals surface area contributed by atoms with Crippen LogP contribution in [0.15, 0.2) is 17.1 Å². The molecule has 20 heteroatoms. The van der Waals surface area contributed by atoms with E-state index in [1.54, 1.807) is 0 Å². The highest BCUT2D eigenvalue weighted by atomic mass is 31.3. The first kappa shape index (κ1) is 24.2. The summed E-state index contributed by atoms with van der Waals surface area (Å²) < 4.78 is 49.1. The number of ether oxygens (including phenoxy) is 1. The number of aromatic nitrogens is 2. The lowest BCUT2D eigenvalue weighted by atomic mass is 10.1. The molecule has 0 spiro atoms. The van der Waals surface area contributed by atoms with Gasteiger partial charge in [0.2, 0.25) is 0 Å². The molecular formula is C9H12N3O14P3-4. The van der Waals surface area contributed by atoms with Crippen LogP contribution < -0.4 is 31.0 Å². The number of hydrogen-bond acceptors (Lipinski definition) is 16. The Balaban J connectivity index is 2.05. The van der Waals surface area contributed by atoms with E-state index in [1.165, 1.54) is 6.07 Å². The molecule has 0 aromatic carbocycles. The van der Waals surface area contributed by atoms with Gasteiger partial charge in [-0.2, -0.15) is 4.98 Å². The Bertz CT molecular complexity index is 946. The van der Waals surface area contributed by atoms with E-state index >= 15 is 0 Å². The minimum absolute atomic E-state index is 0.145. The van der Waals surface area contributed by atoms with Gasteiger partial charge in [0.25, 0.3) is 15.6 Å². The molecule has 2 heterocycles. The van der Waals surface area contributed by atoms with Crippen LogP contribution in [0.2, 0.25) is 0 Å². The third-order valence-corrected chi connectivity index (χ3v) is 6.93. The molecule has 0 amide bonds. The minimum atomic E-state index is -6.15. The number of nitrogens with zero attached hydrogens (tertiary/aromatic N) is 2. The second-order valence-electron chi connectivity index (χ2n) is 5.39. The summed E-state index contributed by atoms with van der Waals surface area (Å²) >= 11 is 0. The quantitative estimate of drug-likeness (QED) is 0.295. The number of aliphatic hydroxyl groups is 2. The van der Waals surface area contributed by atoms with E-state index < -0.39 is 60.3 Å². The van der Waals surface area contributed by atoms with E-state index in [4.69, 9.17) is 10.5 Å². The lowest BCUT2D eigenvalue weighted by molar-refractivity contribution is -0.339. The SMILES string of the molecule is Nc1ccn([C@@H]2O[C@H](COP(=O)([O-])OP(=O)([O-])OP(=O)([O-])[O-])[C@@H](O)[C@H]2O)c(=O)n1. The molecule has 1 fully saturated rings. The van der Waals surface area contributed by atoms with Crippen molar-refractivity contribution in [2.75, 3.05) is 12.3 Å². The van der Waals surface area contributed by atoms with Crippen molar-refractivity contribution >= 4 is 29.3 Å². The zero-order valence-electron chi connectivity index (χ0n) is 13.8. The van der Waals surface area contributed by atoms with Crippen molar-refractivity contribution < 1.29 is 61.4 Å². The van der Waals surface area contributed by atoms with Gasteiger partial charge in [-0.1, -0.05) is 0 Å². The van der Waals surface area contributed by atoms with E-state index in [0.717, 1.165) is 10.8 Å². The number of phosphoric ester groups is 1. The second kappa shape index (κ2) is 8.61. The fourth-order valence-electron chi connectivity index (χ4n) is 2.16. The smallest absolute Gasteiger partial charge is 0.351 e. The first-order valence-electron chi connectivity index (χ1n) is 7.18. The van der Waals surface area contributed by atoms with Crippen LogP contribution >= 0.6 is 23.5 Å². The van der Waals surface area contributed by atoms with Crippen molar-refractivity contribution in [3.8, 4) is 0 Å². The molecule has 6 atom stereocenters. The number of anilines is 1. The van der Waals surface area contributed by atoms with Crippen molar-refractivity contribution in [2.45, 2.75) is 24.5 Å². The molecular weight excluding hydrogens is 467 g/mol. The van der Waals surface area contributed by atoms with Crippen molar-refractivity contribution in [2.24, 2.45) is 0 Å². The van der Waals surface area contributed by atoms with E-state index in [2.05, 4.69) is 18.1 Å². The topological polar surface area (TPSA) is 282 Å². The fourth-order valence-corrected chi connectivity index (χ4v) is 5.03. The zero-order chi connectivity index (χ0) is 22.2. The first-order chi connectivity index (χ1) is 13.1. The predicted octanol–water partition coefficient (Wildman–Crippen LogP) is -4.74. The summed E-state index contributed by atoms with van der Waals surface area (Å²) in [7, 11) is -18.1. The number of hydrogen-bond donors (Lipinski definition) is 3. The Hall–Kier alpha value is -1.03. The summed E-state index contributed by atoms with van der Waals surface area (Å²) in [6, 6.07) is 1.17. The molecule has 1 aromatic heterocycles. The van der Waals surface area contributed by atoms with Crippen LogP contribution in [-0.4, -0.2) is 44.7 Å². The third-order valence-electron chi connectivity index (χ3n) is 3.26. The highest BCUT2D eigenvalue weighted by Gasteiger charge is 2.44. The first-order valence-corrected chi connectivity index (χ1v) is 11.6. The molecule has 1 aliphatic rings. The molecule has 0 saturated carbocycles. The molecule has 29 heavy (non-hydrogen) atoms. The summed E-state index contributed by atoms with van der Waals surface area (Å²) in [4.78, 5) is 58.2. The molecule has 1 saturated heterocycles. The summed E-state index contributed by atoms with van der Waals surface area (Å²) in [6.07, 6.45) is -5.66. The van der Waals surface area contributed by atoms with Crippen LogP contribution in [0, 0.1) is 0 Å². The van der Waals surface area contributed by atoms with Crippen molar-refractivity contribution in [1.29, 1.82) is 0 Å². The number of aliphatic hydroxyl groups excluding tert-OH is 2. The number of nitrogen functional groups attached to an aromatic ring is 1. The molecule has 0 aliphatic carbocycles. The molecule has 1 aromatic rings. The maximum absolute atomic E-state index is 11.8. The van der Waals surface area contributed by atoms with E-state index in [0.29, 0.717) is 0 Å². The lowest BCUT2D eigenvalue weighted by Gasteiger charge is -2.37. The third kappa shape index (κ3) is 6.73. The average molecular weight is 479 g/mol. The van der Waals surface area contributed by atoms with Gasteiger partial charge < -0.3 is 49.3 Å². The maximum Gasteiger partial charge on any atom is 0.351 e. The molecule has 1 aliphatic heterocycles. The molecule has 17 nitrogen and oxygen atoms in total. The average Bonchev–Trinajstić information content (AvgIpc) is 2.78. The highest BCUT2D eigenvalue weighted by Crippen LogP contribution is 2.60. The molecule has 166 valence electrons. The van der Waals surface area contributed by atoms with Gasteiger partial charge in [-0.15, -0.1) is 0 Å². The number of rotatable bonds is 8. The van der Waals surface area contributed by atoms with Gasteiger partial charge in [-0.3, -0.25) is 18.0 Å². The van der Waals surface area contributed by atoms with Crippen LogP contribution in [0.1, 0.15) is 6.23 Å². The van der Waals surface area contributed by atoms with Crippen LogP contribution in [0.5, 0.6) is 0 Å². The monoisotopic (exact) mass is 479 g/mol. The van der Waals surface area contributed by atoms with Crippen LogP contribution in [-0.2, 0) is 31.6 Å². The van der Waals surface area contributed by atoms with Crippen LogP contribution in [0.25, 0.3) is 0 Å². The van der Waals surface area contributed by atoms with Gasteiger partial charge >= 0.3 is 5.69 Å². The Morgan fingerprint density at radius 1 is 1.14 bits per heavy atom. The molecule has 2 unspecified atom stereocenters. The van der Waals surface area contributed by atoms with Crippen molar-refractivity contribution in [1.82, 2.24) is 9.55 Å². The minimum Gasteiger partial charge on any atom is -0.790 e. The van der Waals surface area contributed by atoms with Gasteiger partial charge in [0.05, 0.1) is 14.4 Å². The lowest BCUT2D eigenvalue weighted by Crippen LogP contribution is -2.36. The molecule has 4 N–H and O–H groups in total. The number of nitrogens with two attached hydrogens (primary N) is 1. The normalized spacial score (nSPS) is 29.3. The highest BCUT2D eigenvalue weighted by molar-refractivity contribution is 7.64. The molecule has 0 radical (unpaired) electrons. The van der Waals surface area contributed by atoms with Gasteiger partial charge in [-0.05, 0) is 6.07 Å². The van der Waals surface area contributed by atoms with Gasteiger partial charge in [0.1, 0.15) is 24.1 Å². The van der Waals surface area contributed by atoms with Crippen molar-refractivity contribution in [3.63, 3.8) is 0 Å². The van der Waals surface area contributed by atoms with E-state index in [1.807, 2.05) is 0 Å². The van der Waals surface area contributed by atoms with Crippen LogP contribution in [0.3, 0.4) is 0 Å². The standard InChI is InChI=1S/C9H16N3O14P3/c10-5-1-2-12(9(15)11-5)8-7(14)6(13)4(24-8)3-23-28(19,20)26-29(21,22)25-27(16,17)18/h1-2,4,6-8,13-14H,3H2,(H,19,20)(H,21,22)(H2,10,11,15)(H2,16,17,18)/p-4/t4-,6-,7-,8-/m1/s1. The van der Waals surface area contributed by atoms with Gasteiger partial charge in [-0.25, -0.2) is 9.11 Å². The van der Waals surface area contributed by atoms with E-state index in [-0.39, 0.29) is 5.82 Å². The summed E-state index contributed by atoms with van der Waals surface area (Å²) in [5.41, 5.74) is 4.34. The zero-order valence-corrected chi connectivity index (χ0v) is 16.5. The predicted molar refractivity (Wildman–Crippen MR) is 79.8 cm³/mol. The van der Waals surface area contributed by atoms with E-state index in [9.17, 15) is 48.3 Å². The maximum atomic E-state index is 11.8. The Morgan fingerprint density at radius 2 is 1.76 bits per heavy atom.